The third kappa shape index (κ3) is 4.44. The second-order valence-electron chi connectivity index (χ2n) is 8.60. The van der Waals surface area contributed by atoms with E-state index in [2.05, 4.69) is 15.3 Å². The van der Waals surface area contributed by atoms with Crippen molar-refractivity contribution >= 4 is 22.6 Å². The number of amides is 2. The Labute approximate surface area is 190 Å². The summed E-state index contributed by atoms with van der Waals surface area (Å²) in [4.78, 5) is 33.4. The highest BCUT2D eigenvalue weighted by Gasteiger charge is 2.36. The number of ether oxygens (including phenoxy) is 1. The van der Waals surface area contributed by atoms with Crippen molar-refractivity contribution < 1.29 is 19.4 Å². The maximum absolute atomic E-state index is 13.1. The summed E-state index contributed by atoms with van der Waals surface area (Å²) in [6.07, 6.45) is 4.02. The molecule has 2 aromatic heterocycles. The van der Waals surface area contributed by atoms with E-state index in [0.29, 0.717) is 57.9 Å². The Morgan fingerprint density at radius 3 is 2.52 bits per heavy atom. The van der Waals surface area contributed by atoms with Crippen molar-refractivity contribution in [3.8, 4) is 0 Å². The molecule has 0 unspecified atom stereocenters. The van der Waals surface area contributed by atoms with Gasteiger partial charge in [0.05, 0.1) is 31.6 Å². The van der Waals surface area contributed by atoms with Gasteiger partial charge in [-0.3, -0.25) is 14.6 Å². The predicted molar refractivity (Wildman–Crippen MR) is 119 cm³/mol. The van der Waals surface area contributed by atoms with Crippen molar-refractivity contribution in [2.24, 2.45) is 0 Å². The molecule has 2 amide bonds. The molecular weight excluding hydrogens is 424 g/mol. The van der Waals surface area contributed by atoms with Gasteiger partial charge >= 0.3 is 0 Å². The number of nitrogens with zero attached hydrogens (tertiary/aromatic N) is 6. The molecule has 10 heteroatoms. The van der Waals surface area contributed by atoms with E-state index in [-0.39, 0.29) is 24.1 Å². The fourth-order valence-electron chi connectivity index (χ4n) is 4.43. The van der Waals surface area contributed by atoms with Crippen LogP contribution in [-0.2, 0) is 11.3 Å². The Kier molecular flexibility index (Phi) is 5.77. The van der Waals surface area contributed by atoms with Crippen LogP contribution in [-0.4, -0.2) is 91.7 Å². The van der Waals surface area contributed by atoms with Gasteiger partial charge in [-0.25, -0.2) is 4.68 Å². The first-order chi connectivity index (χ1) is 16.0. The number of morpholine rings is 1. The molecule has 2 aliphatic rings. The Morgan fingerprint density at radius 1 is 1.00 bits per heavy atom. The van der Waals surface area contributed by atoms with Gasteiger partial charge in [-0.15, -0.1) is 5.10 Å². The number of pyridine rings is 1. The van der Waals surface area contributed by atoms with Gasteiger partial charge in [0, 0.05) is 37.8 Å². The topological polar surface area (TPSA) is 114 Å². The lowest BCUT2D eigenvalue weighted by Gasteiger charge is -2.37. The number of carbonyl (C=O) groups is 2. The molecule has 1 N–H and O–H groups in total. The Morgan fingerprint density at radius 2 is 1.73 bits per heavy atom. The SMILES string of the molecule is O=C(c1cn(CC2(O)CCN(C(=O)c3nccc4ccccc34)CC2)nn1)N1CCOCC1. The zero-order valence-corrected chi connectivity index (χ0v) is 18.3. The summed E-state index contributed by atoms with van der Waals surface area (Å²) in [6, 6.07) is 9.57. The second-order valence-corrected chi connectivity index (χ2v) is 8.60. The Bertz CT molecular complexity index is 1160. The zero-order valence-electron chi connectivity index (χ0n) is 18.3. The fraction of sp³-hybridized carbons (Fsp3) is 0.435. The maximum Gasteiger partial charge on any atom is 0.276 e. The third-order valence-corrected chi connectivity index (χ3v) is 6.37. The van der Waals surface area contributed by atoms with Gasteiger partial charge in [0.15, 0.2) is 5.69 Å². The molecule has 5 rings (SSSR count). The van der Waals surface area contributed by atoms with Crippen molar-refractivity contribution in [1.29, 1.82) is 0 Å². The molecule has 0 spiro atoms. The molecule has 0 saturated carbocycles. The first-order valence-electron chi connectivity index (χ1n) is 11.1. The molecule has 2 fully saturated rings. The quantitative estimate of drug-likeness (QED) is 0.630. The predicted octanol–water partition coefficient (Wildman–Crippen LogP) is 0.966. The summed E-state index contributed by atoms with van der Waals surface area (Å²) < 4.78 is 6.79. The van der Waals surface area contributed by atoms with Crippen molar-refractivity contribution in [3.05, 3.63) is 54.1 Å². The van der Waals surface area contributed by atoms with Gasteiger partial charge in [0.1, 0.15) is 5.69 Å². The number of fused-ring (bicyclic) bond motifs is 1. The number of carbonyl (C=O) groups excluding carboxylic acids is 2. The molecule has 0 radical (unpaired) electrons. The van der Waals surface area contributed by atoms with Crippen LogP contribution in [0.5, 0.6) is 0 Å². The number of hydrogen-bond donors (Lipinski definition) is 1. The van der Waals surface area contributed by atoms with Crippen LogP contribution in [0.4, 0.5) is 0 Å². The Balaban J connectivity index is 1.22. The van der Waals surface area contributed by atoms with Gasteiger partial charge in [0.25, 0.3) is 11.8 Å². The normalized spacial score (nSPS) is 18.5. The summed E-state index contributed by atoms with van der Waals surface area (Å²) >= 11 is 0. The number of piperidine rings is 1. The minimum atomic E-state index is -1.03. The van der Waals surface area contributed by atoms with Gasteiger partial charge in [-0.2, -0.15) is 0 Å². The summed E-state index contributed by atoms with van der Waals surface area (Å²) in [5.74, 6) is -0.312. The number of benzene rings is 1. The van der Waals surface area contributed by atoms with Gasteiger partial charge in [-0.05, 0) is 24.3 Å². The first-order valence-corrected chi connectivity index (χ1v) is 11.1. The lowest BCUT2D eigenvalue weighted by atomic mass is 9.91. The highest BCUT2D eigenvalue weighted by molar-refractivity contribution is 6.05. The van der Waals surface area contributed by atoms with Crippen molar-refractivity contribution in [2.75, 3.05) is 39.4 Å². The molecule has 3 aromatic rings. The van der Waals surface area contributed by atoms with Crippen molar-refractivity contribution in [1.82, 2.24) is 29.8 Å². The van der Waals surface area contributed by atoms with E-state index in [9.17, 15) is 14.7 Å². The molecule has 172 valence electrons. The molecular formula is C23H26N6O4. The average Bonchev–Trinajstić information content (AvgIpc) is 3.31. The molecule has 0 atom stereocenters. The van der Waals surface area contributed by atoms with E-state index in [1.54, 1.807) is 22.2 Å². The van der Waals surface area contributed by atoms with Crippen LogP contribution < -0.4 is 0 Å². The van der Waals surface area contributed by atoms with Crippen LogP contribution in [0.2, 0.25) is 0 Å². The standard InChI is InChI=1S/C23H26N6O4/c30-21(28-11-13-33-14-12-28)19-15-29(26-25-19)16-23(32)6-9-27(10-7-23)22(31)20-18-4-2-1-3-17(18)5-8-24-20/h1-5,8,15,32H,6-7,9-14,16H2. The number of aliphatic hydroxyl groups is 1. The molecule has 0 bridgehead atoms. The molecule has 33 heavy (non-hydrogen) atoms. The van der Waals surface area contributed by atoms with Gasteiger partial charge in [0.2, 0.25) is 0 Å². The molecule has 0 aliphatic carbocycles. The van der Waals surface area contributed by atoms with E-state index in [0.717, 1.165) is 10.8 Å². The van der Waals surface area contributed by atoms with Crippen LogP contribution in [0, 0.1) is 0 Å². The lowest BCUT2D eigenvalue weighted by Crippen LogP contribution is -2.49. The summed E-state index contributed by atoms with van der Waals surface area (Å²) in [5, 5.41) is 20.9. The molecule has 4 heterocycles. The second kappa shape index (κ2) is 8.87. The number of hydrogen-bond acceptors (Lipinski definition) is 7. The number of aromatic nitrogens is 4. The monoisotopic (exact) mass is 450 g/mol. The minimum Gasteiger partial charge on any atom is -0.388 e. The fourth-order valence-corrected chi connectivity index (χ4v) is 4.43. The number of rotatable bonds is 4. The van der Waals surface area contributed by atoms with Crippen LogP contribution in [0.3, 0.4) is 0 Å². The lowest BCUT2D eigenvalue weighted by molar-refractivity contribution is -0.0318. The summed E-state index contributed by atoms with van der Waals surface area (Å²) in [5.41, 5.74) is -0.341. The molecule has 2 aliphatic heterocycles. The first kappa shape index (κ1) is 21.5. The van der Waals surface area contributed by atoms with E-state index in [1.807, 2.05) is 30.3 Å². The van der Waals surface area contributed by atoms with Gasteiger partial charge in [-0.1, -0.05) is 29.5 Å². The molecule has 2 saturated heterocycles. The minimum absolute atomic E-state index is 0.131. The van der Waals surface area contributed by atoms with Crippen molar-refractivity contribution in [2.45, 2.75) is 25.0 Å². The van der Waals surface area contributed by atoms with E-state index < -0.39 is 5.60 Å². The van der Waals surface area contributed by atoms with Crippen LogP contribution in [0.15, 0.2) is 42.7 Å². The smallest absolute Gasteiger partial charge is 0.276 e. The largest absolute Gasteiger partial charge is 0.388 e. The van der Waals surface area contributed by atoms with Gasteiger partial charge < -0.3 is 19.6 Å². The molecule has 10 nitrogen and oxygen atoms in total. The summed E-state index contributed by atoms with van der Waals surface area (Å²) in [6.45, 7) is 3.14. The molecule has 1 aromatic carbocycles. The number of likely N-dealkylation sites (tertiary alicyclic amines) is 1. The van der Waals surface area contributed by atoms with Crippen molar-refractivity contribution in [3.63, 3.8) is 0 Å². The van der Waals surface area contributed by atoms with Crippen LogP contribution >= 0.6 is 0 Å². The highest BCUT2D eigenvalue weighted by atomic mass is 16.5. The zero-order chi connectivity index (χ0) is 22.8. The van der Waals surface area contributed by atoms with Crippen LogP contribution in [0.1, 0.15) is 33.8 Å². The van der Waals surface area contributed by atoms with E-state index in [4.69, 9.17) is 4.74 Å². The highest BCUT2D eigenvalue weighted by Crippen LogP contribution is 2.26. The van der Waals surface area contributed by atoms with E-state index >= 15 is 0 Å². The van der Waals surface area contributed by atoms with E-state index in [1.165, 1.54) is 4.68 Å². The Hall–Kier alpha value is -3.37. The third-order valence-electron chi connectivity index (χ3n) is 6.37. The maximum atomic E-state index is 13.1. The van der Waals surface area contributed by atoms with Crippen LogP contribution in [0.25, 0.3) is 10.8 Å². The summed E-state index contributed by atoms with van der Waals surface area (Å²) in [7, 11) is 0. The average molecular weight is 450 g/mol.